The first kappa shape index (κ1) is 16.6. The molecule has 0 radical (unpaired) electrons. The van der Waals surface area contributed by atoms with Crippen molar-refractivity contribution in [2.24, 2.45) is 0 Å². The summed E-state index contributed by atoms with van der Waals surface area (Å²) in [6, 6.07) is 5.62. The second-order valence-electron chi connectivity index (χ2n) is 5.84. The lowest BCUT2D eigenvalue weighted by atomic mass is 10.1. The van der Waals surface area contributed by atoms with Gasteiger partial charge in [0.15, 0.2) is 11.5 Å². The number of hydrogen-bond donors (Lipinski definition) is 1. The maximum absolute atomic E-state index is 12.1. The summed E-state index contributed by atoms with van der Waals surface area (Å²) >= 11 is 0. The van der Waals surface area contributed by atoms with Crippen molar-refractivity contribution < 1.29 is 14.1 Å². The monoisotopic (exact) mass is 330 g/mol. The van der Waals surface area contributed by atoms with Gasteiger partial charge in [0.1, 0.15) is 0 Å². The first-order chi connectivity index (χ1) is 11.7. The summed E-state index contributed by atoms with van der Waals surface area (Å²) in [6.45, 7) is 6.37. The van der Waals surface area contributed by atoms with E-state index in [4.69, 9.17) is 9.26 Å². The topological polar surface area (TPSA) is 80.5 Å². The second kappa shape index (κ2) is 8.03. The molecule has 0 bridgehead atoms. The first-order valence-electron chi connectivity index (χ1n) is 8.17. The molecule has 7 nitrogen and oxygen atoms in total. The molecule has 1 fully saturated rings. The Morgan fingerprint density at radius 2 is 2.21 bits per heavy atom. The number of carbonyl (C=O) groups excluding carboxylic acids is 1. The highest BCUT2D eigenvalue weighted by atomic mass is 16.5. The number of morpholine rings is 1. The van der Waals surface area contributed by atoms with Crippen LogP contribution in [0.4, 0.5) is 0 Å². The van der Waals surface area contributed by atoms with Crippen LogP contribution in [0.25, 0.3) is 0 Å². The van der Waals surface area contributed by atoms with Gasteiger partial charge < -0.3 is 14.6 Å². The first-order valence-corrected chi connectivity index (χ1v) is 8.17. The summed E-state index contributed by atoms with van der Waals surface area (Å²) < 4.78 is 10.6. The molecule has 0 atom stereocenters. The molecule has 0 aliphatic carbocycles. The Kier molecular flexibility index (Phi) is 5.55. The molecule has 0 unspecified atom stereocenters. The standard InChI is InChI=1S/C17H22N4O3/c1-13-3-2-5-18-15(13)4-6-19-17(22)16-11-14(24-20-16)12-21-7-9-23-10-8-21/h2-3,5,11H,4,6-10,12H2,1H3,(H,19,22). The molecule has 128 valence electrons. The van der Waals surface area contributed by atoms with Crippen molar-refractivity contribution >= 4 is 5.91 Å². The van der Waals surface area contributed by atoms with E-state index in [2.05, 4.69) is 20.4 Å². The van der Waals surface area contributed by atoms with E-state index >= 15 is 0 Å². The van der Waals surface area contributed by atoms with Crippen LogP contribution in [-0.2, 0) is 17.7 Å². The van der Waals surface area contributed by atoms with Crippen LogP contribution in [0.3, 0.4) is 0 Å². The summed E-state index contributed by atoms with van der Waals surface area (Å²) in [6.07, 6.45) is 2.45. The zero-order valence-electron chi connectivity index (χ0n) is 13.8. The third-order valence-electron chi connectivity index (χ3n) is 4.04. The number of ether oxygens (including phenoxy) is 1. The maximum Gasteiger partial charge on any atom is 0.273 e. The van der Waals surface area contributed by atoms with Crippen LogP contribution in [0.5, 0.6) is 0 Å². The Balaban J connectivity index is 1.47. The number of hydrogen-bond acceptors (Lipinski definition) is 6. The van der Waals surface area contributed by atoms with E-state index in [1.807, 2.05) is 19.1 Å². The minimum atomic E-state index is -0.222. The SMILES string of the molecule is Cc1cccnc1CCNC(=O)c1cc(CN2CCOCC2)on1. The third kappa shape index (κ3) is 4.39. The van der Waals surface area contributed by atoms with Crippen molar-refractivity contribution in [1.29, 1.82) is 0 Å². The van der Waals surface area contributed by atoms with E-state index in [1.54, 1.807) is 12.3 Å². The van der Waals surface area contributed by atoms with Crippen LogP contribution in [0, 0.1) is 6.92 Å². The Bertz CT molecular complexity index is 680. The van der Waals surface area contributed by atoms with Gasteiger partial charge in [-0.15, -0.1) is 0 Å². The van der Waals surface area contributed by atoms with Gasteiger partial charge in [-0.25, -0.2) is 0 Å². The molecular formula is C17H22N4O3. The minimum absolute atomic E-state index is 0.222. The molecule has 1 saturated heterocycles. The van der Waals surface area contributed by atoms with Crippen LogP contribution >= 0.6 is 0 Å². The van der Waals surface area contributed by atoms with E-state index in [0.29, 0.717) is 31.0 Å². The van der Waals surface area contributed by atoms with Crippen molar-refractivity contribution in [3.05, 3.63) is 47.1 Å². The predicted molar refractivity (Wildman–Crippen MR) is 87.6 cm³/mol. The lowest BCUT2D eigenvalue weighted by molar-refractivity contribution is 0.0305. The van der Waals surface area contributed by atoms with Crippen LogP contribution < -0.4 is 5.32 Å². The van der Waals surface area contributed by atoms with E-state index in [9.17, 15) is 4.79 Å². The third-order valence-corrected chi connectivity index (χ3v) is 4.04. The van der Waals surface area contributed by atoms with Crippen molar-refractivity contribution in [2.75, 3.05) is 32.8 Å². The van der Waals surface area contributed by atoms with E-state index in [0.717, 1.165) is 37.6 Å². The summed E-state index contributed by atoms with van der Waals surface area (Å²) in [5.74, 6) is 0.475. The average molecular weight is 330 g/mol. The van der Waals surface area contributed by atoms with Crippen molar-refractivity contribution in [2.45, 2.75) is 19.9 Å². The van der Waals surface area contributed by atoms with Crippen LogP contribution in [-0.4, -0.2) is 53.8 Å². The Morgan fingerprint density at radius 1 is 1.38 bits per heavy atom. The molecule has 1 amide bonds. The largest absolute Gasteiger partial charge is 0.379 e. The number of nitrogens with one attached hydrogen (secondary N) is 1. The molecule has 3 rings (SSSR count). The normalized spacial score (nSPS) is 15.4. The van der Waals surface area contributed by atoms with E-state index in [1.165, 1.54) is 0 Å². The van der Waals surface area contributed by atoms with Gasteiger partial charge in [0, 0.05) is 44.0 Å². The maximum atomic E-state index is 12.1. The number of aromatic nitrogens is 2. The molecule has 1 aliphatic rings. The summed E-state index contributed by atoms with van der Waals surface area (Å²) in [7, 11) is 0. The molecule has 7 heteroatoms. The molecule has 3 heterocycles. The van der Waals surface area contributed by atoms with Crippen molar-refractivity contribution in [1.82, 2.24) is 20.4 Å². The zero-order valence-corrected chi connectivity index (χ0v) is 13.8. The second-order valence-corrected chi connectivity index (χ2v) is 5.84. The van der Waals surface area contributed by atoms with Crippen molar-refractivity contribution in [3.63, 3.8) is 0 Å². The lowest BCUT2D eigenvalue weighted by Crippen LogP contribution is -2.35. The highest BCUT2D eigenvalue weighted by molar-refractivity contribution is 5.92. The fourth-order valence-corrected chi connectivity index (χ4v) is 2.64. The summed E-state index contributed by atoms with van der Waals surface area (Å²) in [5.41, 5.74) is 2.43. The molecule has 2 aromatic rings. The molecule has 2 aromatic heterocycles. The number of rotatable bonds is 6. The molecule has 0 saturated carbocycles. The van der Waals surface area contributed by atoms with Gasteiger partial charge in [-0.2, -0.15) is 0 Å². The van der Waals surface area contributed by atoms with Crippen LogP contribution in [0.15, 0.2) is 28.9 Å². The number of nitrogens with zero attached hydrogens (tertiary/aromatic N) is 3. The van der Waals surface area contributed by atoms with Crippen LogP contribution in [0.1, 0.15) is 27.5 Å². The van der Waals surface area contributed by atoms with Gasteiger partial charge in [-0.1, -0.05) is 11.2 Å². The number of amides is 1. The van der Waals surface area contributed by atoms with Gasteiger partial charge in [0.05, 0.1) is 19.8 Å². The van der Waals surface area contributed by atoms with Crippen LogP contribution in [0.2, 0.25) is 0 Å². The predicted octanol–water partition coefficient (Wildman–Crippen LogP) is 1.18. The van der Waals surface area contributed by atoms with Gasteiger partial charge in [0.2, 0.25) is 0 Å². The smallest absolute Gasteiger partial charge is 0.273 e. The molecule has 0 spiro atoms. The summed E-state index contributed by atoms with van der Waals surface area (Å²) in [5, 5.41) is 6.72. The molecule has 24 heavy (non-hydrogen) atoms. The number of carbonyl (C=O) groups is 1. The highest BCUT2D eigenvalue weighted by Crippen LogP contribution is 2.09. The average Bonchev–Trinajstić information content (AvgIpc) is 3.06. The molecule has 1 N–H and O–H groups in total. The van der Waals surface area contributed by atoms with E-state index in [-0.39, 0.29) is 5.91 Å². The van der Waals surface area contributed by atoms with Crippen molar-refractivity contribution in [3.8, 4) is 0 Å². The minimum Gasteiger partial charge on any atom is -0.379 e. The zero-order chi connectivity index (χ0) is 16.8. The Labute approximate surface area is 141 Å². The quantitative estimate of drug-likeness (QED) is 0.857. The molecular weight excluding hydrogens is 308 g/mol. The van der Waals surface area contributed by atoms with Gasteiger partial charge >= 0.3 is 0 Å². The molecule has 1 aliphatic heterocycles. The Morgan fingerprint density at radius 3 is 3.00 bits per heavy atom. The van der Waals surface area contributed by atoms with E-state index < -0.39 is 0 Å². The number of aryl methyl sites for hydroxylation is 1. The fraction of sp³-hybridized carbons (Fsp3) is 0.471. The lowest BCUT2D eigenvalue weighted by Gasteiger charge is -2.25. The van der Waals surface area contributed by atoms with Gasteiger partial charge in [-0.3, -0.25) is 14.7 Å². The Hall–Kier alpha value is -2.25. The fourth-order valence-electron chi connectivity index (χ4n) is 2.64. The van der Waals surface area contributed by atoms with Gasteiger partial charge in [-0.05, 0) is 18.6 Å². The highest BCUT2D eigenvalue weighted by Gasteiger charge is 2.16. The van der Waals surface area contributed by atoms with Gasteiger partial charge in [0.25, 0.3) is 5.91 Å². The summed E-state index contributed by atoms with van der Waals surface area (Å²) in [4.78, 5) is 18.7. The number of pyridine rings is 1. The molecule has 0 aromatic carbocycles.